The number of carbonyl (C=O) groups excluding carboxylic acids is 2. The van der Waals surface area contributed by atoms with E-state index in [2.05, 4.69) is 10.6 Å². The van der Waals surface area contributed by atoms with Gasteiger partial charge in [0.1, 0.15) is 0 Å². The van der Waals surface area contributed by atoms with Crippen LogP contribution in [0, 0.1) is 5.92 Å². The summed E-state index contributed by atoms with van der Waals surface area (Å²) in [5.41, 5.74) is 6.55. The first kappa shape index (κ1) is 14.3. The quantitative estimate of drug-likeness (QED) is 0.544. The second kappa shape index (κ2) is 6.38. The minimum atomic E-state index is -0.480. The van der Waals surface area contributed by atoms with Gasteiger partial charge in [0.15, 0.2) is 0 Å². The van der Waals surface area contributed by atoms with E-state index in [0.29, 0.717) is 17.2 Å². The van der Waals surface area contributed by atoms with E-state index in [1.165, 1.54) is 0 Å². The van der Waals surface area contributed by atoms with Gasteiger partial charge >= 0.3 is 0 Å². The van der Waals surface area contributed by atoms with Crippen LogP contribution in [0.2, 0.25) is 0 Å². The third-order valence-corrected chi connectivity index (χ3v) is 3.26. The van der Waals surface area contributed by atoms with Gasteiger partial charge in [-0.1, -0.05) is 0 Å². The van der Waals surface area contributed by atoms with Gasteiger partial charge in [-0.2, -0.15) is 0 Å². The van der Waals surface area contributed by atoms with Crippen molar-refractivity contribution >= 4 is 17.5 Å². The third kappa shape index (κ3) is 4.24. The molecule has 0 spiro atoms. The molecule has 1 aromatic carbocycles. The van der Waals surface area contributed by atoms with Gasteiger partial charge in [0, 0.05) is 17.8 Å². The van der Waals surface area contributed by atoms with E-state index >= 15 is 0 Å². The predicted molar refractivity (Wildman–Crippen MR) is 74.9 cm³/mol. The van der Waals surface area contributed by atoms with E-state index in [1.807, 2.05) is 0 Å². The molecule has 1 atom stereocenters. The molecule has 6 heteroatoms. The highest BCUT2D eigenvalue weighted by molar-refractivity contribution is 5.96. The van der Waals surface area contributed by atoms with E-state index in [-0.39, 0.29) is 24.9 Å². The van der Waals surface area contributed by atoms with Crippen molar-refractivity contribution in [2.75, 3.05) is 18.8 Å². The fraction of sp³-hybridized carbons (Fsp3) is 0.429. The van der Waals surface area contributed by atoms with Crippen molar-refractivity contribution in [3.05, 3.63) is 29.8 Å². The highest BCUT2D eigenvalue weighted by Crippen LogP contribution is 2.32. The average molecular weight is 277 g/mol. The molecule has 0 radical (unpaired) electrons. The summed E-state index contributed by atoms with van der Waals surface area (Å²) in [6.07, 6.45) is 1.56. The summed E-state index contributed by atoms with van der Waals surface area (Å²) >= 11 is 0. The van der Waals surface area contributed by atoms with Crippen LogP contribution in [0.25, 0.3) is 0 Å². The van der Waals surface area contributed by atoms with Crippen LogP contribution in [-0.2, 0) is 4.79 Å². The molecule has 1 aliphatic rings. The van der Waals surface area contributed by atoms with Crippen LogP contribution >= 0.6 is 0 Å². The number of benzene rings is 1. The molecule has 2 rings (SSSR count). The monoisotopic (exact) mass is 277 g/mol. The summed E-state index contributed by atoms with van der Waals surface area (Å²) in [5, 5.41) is 14.7. The molecule has 20 heavy (non-hydrogen) atoms. The predicted octanol–water partition coefficient (Wildman–Crippen LogP) is -0.114. The molecular formula is C14H19N3O3. The topological polar surface area (TPSA) is 104 Å². The number of aliphatic hydroxyl groups excluding tert-OH is 1. The van der Waals surface area contributed by atoms with Crippen LogP contribution in [0.5, 0.6) is 0 Å². The third-order valence-electron chi connectivity index (χ3n) is 3.26. The zero-order valence-electron chi connectivity index (χ0n) is 11.1. The van der Waals surface area contributed by atoms with Gasteiger partial charge in [-0.15, -0.1) is 0 Å². The number of hydrogen-bond acceptors (Lipinski definition) is 4. The summed E-state index contributed by atoms with van der Waals surface area (Å²) in [5.74, 6) is -0.323. The average Bonchev–Trinajstić information content (AvgIpc) is 3.27. The van der Waals surface area contributed by atoms with E-state index in [1.54, 1.807) is 24.3 Å². The van der Waals surface area contributed by atoms with Gasteiger partial charge in [-0.3, -0.25) is 9.59 Å². The second-order valence-electron chi connectivity index (χ2n) is 5.01. The molecule has 2 amide bonds. The Hall–Kier alpha value is -2.08. The highest BCUT2D eigenvalue weighted by Gasteiger charge is 2.29. The molecular weight excluding hydrogens is 258 g/mol. The van der Waals surface area contributed by atoms with Crippen molar-refractivity contribution in [3.8, 4) is 0 Å². The summed E-state index contributed by atoms with van der Waals surface area (Å²) < 4.78 is 0. The Balaban J connectivity index is 1.69. The van der Waals surface area contributed by atoms with E-state index in [4.69, 9.17) is 5.73 Å². The first-order chi connectivity index (χ1) is 9.56. The molecule has 0 saturated heterocycles. The first-order valence-corrected chi connectivity index (χ1v) is 6.65. The largest absolute Gasteiger partial charge is 0.399 e. The van der Waals surface area contributed by atoms with Crippen LogP contribution in [0.4, 0.5) is 5.69 Å². The van der Waals surface area contributed by atoms with Gasteiger partial charge in [0.25, 0.3) is 5.91 Å². The van der Waals surface area contributed by atoms with E-state index in [0.717, 1.165) is 12.8 Å². The fourth-order valence-corrected chi connectivity index (χ4v) is 1.83. The molecule has 1 unspecified atom stereocenters. The lowest BCUT2D eigenvalue weighted by Crippen LogP contribution is -2.40. The molecule has 108 valence electrons. The number of hydrogen-bond donors (Lipinski definition) is 4. The maximum atomic E-state index is 11.7. The SMILES string of the molecule is Nc1ccc(C(=O)NCC(=O)NCC(O)C2CC2)cc1. The summed E-state index contributed by atoms with van der Waals surface area (Å²) in [7, 11) is 0. The van der Waals surface area contributed by atoms with Gasteiger partial charge in [-0.25, -0.2) is 0 Å². The molecule has 1 fully saturated rings. The van der Waals surface area contributed by atoms with Crippen molar-refractivity contribution in [2.24, 2.45) is 5.92 Å². The second-order valence-corrected chi connectivity index (χ2v) is 5.01. The normalized spacial score (nSPS) is 15.4. The molecule has 1 aliphatic carbocycles. The summed E-state index contributed by atoms with van der Waals surface area (Å²) in [6.45, 7) is 0.127. The molecule has 6 nitrogen and oxygen atoms in total. The molecule has 0 aliphatic heterocycles. The Morgan fingerprint density at radius 1 is 1.25 bits per heavy atom. The number of anilines is 1. The number of rotatable bonds is 6. The molecule has 1 saturated carbocycles. The maximum absolute atomic E-state index is 11.7. The minimum Gasteiger partial charge on any atom is -0.399 e. The van der Waals surface area contributed by atoms with Crippen LogP contribution in [0.3, 0.4) is 0 Å². The maximum Gasteiger partial charge on any atom is 0.251 e. The van der Waals surface area contributed by atoms with Gasteiger partial charge < -0.3 is 21.5 Å². The zero-order chi connectivity index (χ0) is 14.5. The summed E-state index contributed by atoms with van der Waals surface area (Å²) in [4.78, 5) is 23.3. The standard InChI is InChI=1S/C14H19N3O3/c15-11-5-3-10(4-6-11)14(20)17-8-13(19)16-7-12(18)9-1-2-9/h3-6,9,12,18H,1-2,7-8,15H2,(H,16,19)(H,17,20). The van der Waals surface area contributed by atoms with Crippen molar-refractivity contribution < 1.29 is 14.7 Å². The van der Waals surface area contributed by atoms with Crippen LogP contribution < -0.4 is 16.4 Å². The lowest BCUT2D eigenvalue weighted by atomic mass is 10.2. The molecule has 0 aromatic heterocycles. The van der Waals surface area contributed by atoms with E-state index in [9.17, 15) is 14.7 Å². The number of amides is 2. The fourth-order valence-electron chi connectivity index (χ4n) is 1.83. The Morgan fingerprint density at radius 2 is 1.90 bits per heavy atom. The molecule has 0 heterocycles. The lowest BCUT2D eigenvalue weighted by molar-refractivity contribution is -0.120. The minimum absolute atomic E-state index is 0.111. The number of nitrogens with two attached hydrogens (primary N) is 1. The van der Waals surface area contributed by atoms with Gasteiger partial charge in [-0.05, 0) is 43.0 Å². The van der Waals surface area contributed by atoms with Crippen molar-refractivity contribution in [2.45, 2.75) is 18.9 Å². The smallest absolute Gasteiger partial charge is 0.251 e. The van der Waals surface area contributed by atoms with Crippen LogP contribution in [0.15, 0.2) is 24.3 Å². The van der Waals surface area contributed by atoms with Crippen molar-refractivity contribution in [1.29, 1.82) is 0 Å². The summed E-state index contributed by atoms with van der Waals surface area (Å²) in [6, 6.07) is 6.45. The Bertz CT molecular complexity index is 483. The molecule has 1 aromatic rings. The van der Waals surface area contributed by atoms with Crippen molar-refractivity contribution in [1.82, 2.24) is 10.6 Å². The number of aliphatic hydroxyl groups is 1. The lowest BCUT2D eigenvalue weighted by Gasteiger charge is -2.11. The van der Waals surface area contributed by atoms with Crippen LogP contribution in [0.1, 0.15) is 23.2 Å². The number of nitrogen functional groups attached to an aromatic ring is 1. The van der Waals surface area contributed by atoms with Gasteiger partial charge in [0.2, 0.25) is 5.91 Å². The number of nitrogens with one attached hydrogen (secondary N) is 2. The first-order valence-electron chi connectivity index (χ1n) is 6.65. The van der Waals surface area contributed by atoms with E-state index < -0.39 is 6.10 Å². The van der Waals surface area contributed by atoms with Crippen LogP contribution in [-0.4, -0.2) is 36.1 Å². The number of carbonyl (C=O) groups is 2. The van der Waals surface area contributed by atoms with Gasteiger partial charge in [0.05, 0.1) is 12.6 Å². The Labute approximate surface area is 117 Å². The Morgan fingerprint density at radius 3 is 2.50 bits per heavy atom. The molecule has 0 bridgehead atoms. The zero-order valence-corrected chi connectivity index (χ0v) is 11.1. The van der Waals surface area contributed by atoms with Crippen molar-refractivity contribution in [3.63, 3.8) is 0 Å². The highest BCUT2D eigenvalue weighted by atomic mass is 16.3. The Kier molecular flexibility index (Phi) is 4.57. The molecule has 5 N–H and O–H groups in total.